The molecule has 1 fully saturated rings. The summed E-state index contributed by atoms with van der Waals surface area (Å²) in [5, 5.41) is 7.16. The van der Waals surface area contributed by atoms with Crippen LogP contribution >= 0.6 is 22.6 Å². The van der Waals surface area contributed by atoms with E-state index in [1.54, 1.807) is 0 Å². The second-order valence-electron chi connectivity index (χ2n) is 10.0. The van der Waals surface area contributed by atoms with Crippen LogP contribution in [0.5, 0.6) is 0 Å². The number of H-pyrrole nitrogens is 1. The normalized spacial score (nSPS) is 15.2. The van der Waals surface area contributed by atoms with Gasteiger partial charge in [0.2, 0.25) is 11.8 Å². The van der Waals surface area contributed by atoms with Crippen molar-refractivity contribution in [2.75, 3.05) is 32.7 Å². The first-order valence-corrected chi connectivity index (χ1v) is 14.5. The summed E-state index contributed by atoms with van der Waals surface area (Å²) in [5.41, 5.74) is 4.39. The Morgan fingerprint density at radius 3 is 2.33 bits per heavy atom. The molecule has 2 amide bonds. The van der Waals surface area contributed by atoms with Gasteiger partial charge in [-0.3, -0.25) is 19.4 Å². The average Bonchev–Trinajstić information content (AvgIpc) is 3.36. The quantitative estimate of drug-likeness (QED) is 0.231. The molecule has 7 nitrogen and oxygen atoms in total. The first kappa shape index (κ1) is 27.4. The smallest absolute Gasteiger partial charge is 0.243 e. The van der Waals surface area contributed by atoms with Crippen LogP contribution in [0.2, 0.25) is 0 Å². The van der Waals surface area contributed by atoms with E-state index in [-0.39, 0.29) is 18.4 Å². The third-order valence-electron chi connectivity index (χ3n) is 7.24. The van der Waals surface area contributed by atoms with Gasteiger partial charge >= 0.3 is 0 Å². The molecule has 3 aromatic carbocycles. The van der Waals surface area contributed by atoms with E-state index in [4.69, 9.17) is 0 Å². The van der Waals surface area contributed by atoms with E-state index in [1.165, 1.54) is 5.56 Å². The molecular formula is C31H34IN5O2. The summed E-state index contributed by atoms with van der Waals surface area (Å²) in [4.78, 5) is 34.4. The molecule has 2 heterocycles. The number of aromatic amines is 1. The molecule has 0 bridgehead atoms. The summed E-state index contributed by atoms with van der Waals surface area (Å²) in [6.07, 6.45) is 2.35. The molecule has 1 aromatic heterocycles. The van der Waals surface area contributed by atoms with E-state index < -0.39 is 6.04 Å². The van der Waals surface area contributed by atoms with Gasteiger partial charge in [-0.1, -0.05) is 66.7 Å². The molecule has 1 atom stereocenters. The first-order valence-electron chi connectivity index (χ1n) is 13.4. The number of piperazine rings is 1. The van der Waals surface area contributed by atoms with E-state index in [9.17, 15) is 9.59 Å². The van der Waals surface area contributed by atoms with Crippen LogP contribution in [0.3, 0.4) is 0 Å². The van der Waals surface area contributed by atoms with Crippen molar-refractivity contribution in [2.45, 2.75) is 25.6 Å². The van der Waals surface area contributed by atoms with Gasteiger partial charge in [0.1, 0.15) is 6.04 Å². The highest BCUT2D eigenvalue weighted by atomic mass is 127. The molecule has 39 heavy (non-hydrogen) atoms. The Morgan fingerprint density at radius 1 is 0.846 bits per heavy atom. The summed E-state index contributed by atoms with van der Waals surface area (Å²) in [7, 11) is 0. The number of halogens is 1. The van der Waals surface area contributed by atoms with Gasteiger partial charge in [0.15, 0.2) is 0 Å². The van der Waals surface area contributed by atoms with E-state index in [1.807, 2.05) is 60.8 Å². The molecule has 3 N–H and O–H groups in total. The number of hydrogen-bond acceptors (Lipinski definition) is 4. The molecule has 1 aliphatic rings. The van der Waals surface area contributed by atoms with Crippen molar-refractivity contribution in [1.29, 1.82) is 0 Å². The molecule has 1 unspecified atom stereocenters. The number of benzene rings is 3. The van der Waals surface area contributed by atoms with Crippen molar-refractivity contribution in [2.24, 2.45) is 0 Å². The Hall–Kier alpha value is -3.21. The van der Waals surface area contributed by atoms with Gasteiger partial charge in [-0.25, -0.2) is 0 Å². The second kappa shape index (κ2) is 13.2. The fourth-order valence-electron chi connectivity index (χ4n) is 5.07. The number of carbonyl (C=O) groups is 2. The van der Waals surface area contributed by atoms with Gasteiger partial charge in [-0.05, 0) is 51.4 Å². The zero-order chi connectivity index (χ0) is 27.0. The number of para-hydroxylation sites is 1. The van der Waals surface area contributed by atoms with Crippen LogP contribution in [-0.2, 0) is 29.1 Å². The summed E-state index contributed by atoms with van der Waals surface area (Å²) < 4.78 is 1.10. The molecule has 0 aliphatic carbocycles. The van der Waals surface area contributed by atoms with E-state index >= 15 is 0 Å². The minimum absolute atomic E-state index is 0.124. The lowest BCUT2D eigenvalue weighted by molar-refractivity contribution is -0.129. The van der Waals surface area contributed by atoms with Crippen molar-refractivity contribution in [1.82, 2.24) is 25.4 Å². The summed E-state index contributed by atoms with van der Waals surface area (Å²) in [5.74, 6) is -0.304. The monoisotopic (exact) mass is 635 g/mol. The fraction of sp³-hybridized carbons (Fsp3) is 0.290. The van der Waals surface area contributed by atoms with Crippen LogP contribution in [0.4, 0.5) is 0 Å². The molecule has 0 saturated carbocycles. The Bertz CT molecular complexity index is 1400. The fourth-order valence-corrected chi connectivity index (χ4v) is 5.65. The zero-order valence-corrected chi connectivity index (χ0v) is 24.1. The van der Waals surface area contributed by atoms with Crippen molar-refractivity contribution >= 4 is 45.3 Å². The average molecular weight is 636 g/mol. The van der Waals surface area contributed by atoms with Crippen LogP contribution < -0.4 is 10.6 Å². The van der Waals surface area contributed by atoms with Crippen molar-refractivity contribution in [3.63, 3.8) is 0 Å². The van der Waals surface area contributed by atoms with Gasteiger partial charge < -0.3 is 15.6 Å². The van der Waals surface area contributed by atoms with Gasteiger partial charge in [0.05, 0.1) is 6.54 Å². The lowest BCUT2D eigenvalue weighted by Crippen LogP contribution is -2.53. The van der Waals surface area contributed by atoms with Gasteiger partial charge in [-0.15, -0.1) is 0 Å². The molecule has 5 rings (SSSR count). The maximum atomic E-state index is 13.4. The lowest BCUT2D eigenvalue weighted by Gasteiger charge is -2.34. The predicted molar refractivity (Wildman–Crippen MR) is 163 cm³/mol. The van der Waals surface area contributed by atoms with Crippen LogP contribution in [0, 0.1) is 3.57 Å². The highest BCUT2D eigenvalue weighted by molar-refractivity contribution is 14.1. The summed E-state index contributed by atoms with van der Waals surface area (Å²) in [6, 6.07) is 25.8. The number of fused-ring (bicyclic) bond motifs is 1. The number of carbonyl (C=O) groups excluding carboxylic acids is 2. The largest absolute Gasteiger partial charge is 0.361 e. The van der Waals surface area contributed by atoms with E-state index in [2.05, 4.69) is 72.3 Å². The van der Waals surface area contributed by atoms with Crippen LogP contribution in [0.25, 0.3) is 10.9 Å². The predicted octanol–water partition coefficient (Wildman–Crippen LogP) is 3.93. The number of rotatable bonds is 10. The Kier molecular flexibility index (Phi) is 9.28. The van der Waals surface area contributed by atoms with Gasteiger partial charge in [0, 0.05) is 66.4 Å². The molecule has 0 radical (unpaired) electrons. The van der Waals surface area contributed by atoms with Gasteiger partial charge in [0.25, 0.3) is 0 Å². The third kappa shape index (κ3) is 7.46. The Morgan fingerprint density at radius 2 is 1.54 bits per heavy atom. The van der Waals surface area contributed by atoms with Crippen molar-refractivity contribution < 1.29 is 9.59 Å². The number of hydrogen-bond donors (Lipinski definition) is 3. The highest BCUT2D eigenvalue weighted by Crippen LogP contribution is 2.19. The number of nitrogens with one attached hydrogen (secondary N) is 3. The highest BCUT2D eigenvalue weighted by Gasteiger charge is 2.25. The maximum Gasteiger partial charge on any atom is 0.243 e. The molecule has 0 spiro atoms. The van der Waals surface area contributed by atoms with Crippen molar-refractivity contribution in [3.05, 3.63) is 105 Å². The van der Waals surface area contributed by atoms with Crippen molar-refractivity contribution in [3.8, 4) is 0 Å². The number of nitrogens with zero attached hydrogens (tertiary/aromatic N) is 2. The van der Waals surface area contributed by atoms with Crippen LogP contribution in [-0.4, -0.2) is 65.4 Å². The van der Waals surface area contributed by atoms with Gasteiger partial charge in [-0.2, -0.15) is 0 Å². The number of amides is 2. The molecule has 202 valence electrons. The zero-order valence-electron chi connectivity index (χ0n) is 21.9. The number of aromatic nitrogens is 1. The third-order valence-corrected chi connectivity index (χ3v) is 8.30. The lowest BCUT2D eigenvalue weighted by atomic mass is 10.0. The SMILES string of the molecule is O=C(CN1CCN(Cc2ccccc2)CC1)NC(Cc1c[nH]c2ccccc12)C(=O)NCc1ccccc1I. The Labute approximate surface area is 243 Å². The standard InChI is InChI=1S/C31H34IN5O2/c32-27-12-6-4-10-24(27)19-34-31(39)29(18-25-20-33-28-13-7-5-11-26(25)28)35-30(38)22-37-16-14-36(15-17-37)21-23-8-2-1-3-9-23/h1-13,20,29,33H,14-19,21-22H2,(H,34,39)(H,35,38). The topological polar surface area (TPSA) is 80.5 Å². The summed E-state index contributed by atoms with van der Waals surface area (Å²) in [6.45, 7) is 5.11. The molecule has 1 saturated heterocycles. The first-order chi connectivity index (χ1) is 19.0. The van der Waals surface area contributed by atoms with E-state index in [0.29, 0.717) is 13.0 Å². The second-order valence-corrected chi connectivity index (χ2v) is 11.2. The molecule has 1 aliphatic heterocycles. The maximum absolute atomic E-state index is 13.4. The Balaban J connectivity index is 1.20. The van der Waals surface area contributed by atoms with E-state index in [0.717, 1.165) is 58.3 Å². The summed E-state index contributed by atoms with van der Waals surface area (Å²) >= 11 is 2.28. The molecule has 8 heteroatoms. The minimum atomic E-state index is -0.669. The van der Waals surface area contributed by atoms with Crippen LogP contribution in [0.15, 0.2) is 85.1 Å². The molecule has 4 aromatic rings. The van der Waals surface area contributed by atoms with Crippen LogP contribution in [0.1, 0.15) is 16.7 Å². The minimum Gasteiger partial charge on any atom is -0.361 e. The molecular weight excluding hydrogens is 601 g/mol.